The minimum absolute atomic E-state index is 0.0892. The summed E-state index contributed by atoms with van der Waals surface area (Å²) in [5.74, 6) is -0.304. The quantitative estimate of drug-likeness (QED) is 0.302. The van der Waals surface area contributed by atoms with Gasteiger partial charge >= 0.3 is 11.7 Å². The SMILES string of the molecule is Cc1c(NC(=O)OC(C)(C)C)ccc2nc(NC(Cc3ccccc3)C(=O)NCc3ccccn3)oc(=O)c12. The van der Waals surface area contributed by atoms with Gasteiger partial charge in [0, 0.05) is 18.3 Å². The maximum absolute atomic E-state index is 13.2. The first kappa shape index (κ1) is 27.3. The molecule has 2 aromatic carbocycles. The monoisotopic (exact) mass is 529 g/mol. The second-order valence-electron chi connectivity index (χ2n) is 9.99. The highest BCUT2D eigenvalue weighted by atomic mass is 16.6. The smallest absolute Gasteiger partial charge is 0.412 e. The van der Waals surface area contributed by atoms with Crippen molar-refractivity contribution in [3.8, 4) is 0 Å². The number of anilines is 2. The van der Waals surface area contributed by atoms with Crippen LogP contribution < -0.4 is 21.6 Å². The Labute approximate surface area is 225 Å². The standard InChI is InChI=1S/C29H31N5O5/c1-18-21(34-28(37)39-29(2,3)4)13-14-22-24(18)26(36)38-27(32-22)33-23(16-19-10-6-5-7-11-19)25(35)31-17-20-12-8-9-15-30-20/h5-15,23H,16-17H2,1-4H3,(H,31,35)(H,32,33)(H,34,37). The molecule has 0 aliphatic carbocycles. The number of pyridine rings is 1. The summed E-state index contributed by atoms with van der Waals surface area (Å²) < 4.78 is 10.8. The van der Waals surface area contributed by atoms with Gasteiger partial charge in [-0.1, -0.05) is 36.4 Å². The highest BCUT2D eigenvalue weighted by molar-refractivity contribution is 5.93. The van der Waals surface area contributed by atoms with Crippen LogP contribution in [0.25, 0.3) is 10.9 Å². The van der Waals surface area contributed by atoms with E-state index in [0.29, 0.717) is 28.9 Å². The fourth-order valence-corrected chi connectivity index (χ4v) is 3.94. The molecule has 2 heterocycles. The Balaban J connectivity index is 1.57. The molecule has 4 rings (SSSR count). The number of rotatable bonds is 8. The van der Waals surface area contributed by atoms with Gasteiger partial charge < -0.3 is 19.8 Å². The minimum Gasteiger partial charge on any atom is -0.444 e. The molecule has 0 radical (unpaired) electrons. The fraction of sp³-hybridized carbons (Fsp3) is 0.276. The van der Waals surface area contributed by atoms with Crippen LogP contribution in [0.15, 0.2) is 76.1 Å². The normalized spacial score (nSPS) is 12.0. The molecule has 10 heteroatoms. The molecule has 0 saturated heterocycles. The second kappa shape index (κ2) is 11.8. The summed E-state index contributed by atoms with van der Waals surface area (Å²) in [5.41, 5.74) is 1.55. The lowest BCUT2D eigenvalue weighted by Gasteiger charge is -2.20. The van der Waals surface area contributed by atoms with E-state index in [1.807, 2.05) is 42.5 Å². The number of hydrogen-bond donors (Lipinski definition) is 3. The third-order valence-corrected chi connectivity index (χ3v) is 5.76. The van der Waals surface area contributed by atoms with Gasteiger partial charge in [-0.25, -0.2) is 9.59 Å². The van der Waals surface area contributed by atoms with Crippen molar-refractivity contribution in [1.82, 2.24) is 15.3 Å². The van der Waals surface area contributed by atoms with Crippen molar-refractivity contribution >= 4 is 34.6 Å². The van der Waals surface area contributed by atoms with Gasteiger partial charge in [0.1, 0.15) is 11.6 Å². The Morgan fingerprint density at radius 1 is 1.03 bits per heavy atom. The van der Waals surface area contributed by atoms with E-state index in [2.05, 4.69) is 25.9 Å². The molecule has 1 unspecified atom stereocenters. The lowest BCUT2D eigenvalue weighted by Crippen LogP contribution is -2.41. The van der Waals surface area contributed by atoms with Crippen LogP contribution in [0.3, 0.4) is 0 Å². The van der Waals surface area contributed by atoms with E-state index in [9.17, 15) is 14.4 Å². The number of carbonyl (C=O) groups excluding carboxylic acids is 2. The predicted molar refractivity (Wildman–Crippen MR) is 149 cm³/mol. The van der Waals surface area contributed by atoms with Gasteiger partial charge in [0.2, 0.25) is 5.91 Å². The average molecular weight is 530 g/mol. The highest BCUT2D eigenvalue weighted by Crippen LogP contribution is 2.24. The van der Waals surface area contributed by atoms with Crippen molar-refractivity contribution < 1.29 is 18.7 Å². The summed E-state index contributed by atoms with van der Waals surface area (Å²) >= 11 is 0. The van der Waals surface area contributed by atoms with Crippen LogP contribution in [-0.2, 0) is 22.5 Å². The number of nitrogens with zero attached hydrogens (tertiary/aromatic N) is 2. The van der Waals surface area contributed by atoms with Gasteiger partial charge in [-0.2, -0.15) is 4.98 Å². The maximum atomic E-state index is 13.2. The third-order valence-electron chi connectivity index (χ3n) is 5.76. The van der Waals surface area contributed by atoms with E-state index in [1.165, 1.54) is 0 Å². The van der Waals surface area contributed by atoms with Crippen LogP contribution in [-0.4, -0.2) is 33.6 Å². The van der Waals surface area contributed by atoms with Crippen LogP contribution in [0, 0.1) is 6.92 Å². The van der Waals surface area contributed by atoms with Crippen LogP contribution in [0.1, 0.15) is 37.6 Å². The molecule has 3 N–H and O–H groups in total. The number of hydrogen-bond acceptors (Lipinski definition) is 8. The van der Waals surface area contributed by atoms with E-state index < -0.39 is 23.4 Å². The Morgan fingerprint density at radius 2 is 1.77 bits per heavy atom. The van der Waals surface area contributed by atoms with Crippen molar-refractivity contribution in [2.45, 2.75) is 52.3 Å². The first-order valence-corrected chi connectivity index (χ1v) is 12.5. The van der Waals surface area contributed by atoms with E-state index >= 15 is 0 Å². The lowest BCUT2D eigenvalue weighted by molar-refractivity contribution is -0.122. The molecule has 39 heavy (non-hydrogen) atoms. The van der Waals surface area contributed by atoms with Crippen molar-refractivity contribution in [2.75, 3.05) is 10.6 Å². The van der Waals surface area contributed by atoms with Crippen molar-refractivity contribution in [3.63, 3.8) is 0 Å². The first-order valence-electron chi connectivity index (χ1n) is 12.5. The molecule has 0 bridgehead atoms. The zero-order chi connectivity index (χ0) is 28.0. The number of carbonyl (C=O) groups is 2. The van der Waals surface area contributed by atoms with E-state index in [-0.39, 0.29) is 23.9 Å². The van der Waals surface area contributed by atoms with Crippen molar-refractivity contribution in [1.29, 1.82) is 0 Å². The first-order chi connectivity index (χ1) is 18.6. The zero-order valence-corrected chi connectivity index (χ0v) is 22.3. The number of fused-ring (bicyclic) bond motifs is 1. The number of ether oxygens (including phenoxy) is 1. The van der Waals surface area contributed by atoms with Gasteiger partial charge in [-0.15, -0.1) is 0 Å². The van der Waals surface area contributed by atoms with E-state index in [0.717, 1.165) is 5.56 Å². The van der Waals surface area contributed by atoms with Gasteiger partial charge in [0.15, 0.2) is 0 Å². The second-order valence-corrected chi connectivity index (χ2v) is 9.99. The molecule has 0 aliphatic rings. The molecule has 202 valence electrons. The summed E-state index contributed by atoms with van der Waals surface area (Å²) in [4.78, 5) is 47.1. The van der Waals surface area contributed by atoms with Gasteiger partial charge in [-0.05, 0) is 63.1 Å². The van der Waals surface area contributed by atoms with Crippen molar-refractivity contribution in [2.24, 2.45) is 0 Å². The molecule has 10 nitrogen and oxygen atoms in total. The molecule has 0 aliphatic heterocycles. The van der Waals surface area contributed by atoms with Gasteiger partial charge in [0.25, 0.3) is 6.01 Å². The van der Waals surface area contributed by atoms with Gasteiger partial charge in [-0.3, -0.25) is 15.1 Å². The van der Waals surface area contributed by atoms with Crippen LogP contribution in [0.4, 0.5) is 16.5 Å². The molecule has 0 saturated carbocycles. The molecular formula is C29H31N5O5. The molecule has 4 aromatic rings. The van der Waals surface area contributed by atoms with E-state index in [1.54, 1.807) is 52.1 Å². The maximum Gasteiger partial charge on any atom is 0.412 e. The van der Waals surface area contributed by atoms with E-state index in [4.69, 9.17) is 9.15 Å². The average Bonchev–Trinajstić information content (AvgIpc) is 2.88. The molecular weight excluding hydrogens is 498 g/mol. The topological polar surface area (TPSA) is 135 Å². The Kier molecular flexibility index (Phi) is 8.24. The molecule has 0 spiro atoms. The lowest BCUT2D eigenvalue weighted by atomic mass is 10.1. The number of aromatic nitrogens is 2. The summed E-state index contributed by atoms with van der Waals surface area (Å²) in [7, 11) is 0. The fourth-order valence-electron chi connectivity index (χ4n) is 3.94. The minimum atomic E-state index is -0.779. The number of amides is 2. The number of benzene rings is 2. The molecule has 0 fully saturated rings. The number of aryl methyl sites for hydroxylation is 1. The Hall–Kier alpha value is -4.73. The zero-order valence-electron chi connectivity index (χ0n) is 22.3. The molecule has 2 aromatic heterocycles. The summed E-state index contributed by atoms with van der Waals surface area (Å²) in [6, 6.07) is 17.3. The Morgan fingerprint density at radius 3 is 2.46 bits per heavy atom. The Bertz CT molecular complexity index is 1510. The number of nitrogens with one attached hydrogen (secondary N) is 3. The predicted octanol–water partition coefficient (Wildman–Crippen LogP) is 4.58. The van der Waals surface area contributed by atoms with Crippen LogP contribution >= 0.6 is 0 Å². The largest absolute Gasteiger partial charge is 0.444 e. The highest BCUT2D eigenvalue weighted by Gasteiger charge is 2.23. The van der Waals surface area contributed by atoms with Crippen molar-refractivity contribution in [3.05, 3.63) is 94.1 Å². The van der Waals surface area contributed by atoms with Gasteiger partial charge in [0.05, 0.1) is 23.1 Å². The molecule has 1 atom stereocenters. The van der Waals surface area contributed by atoms with Crippen LogP contribution in [0.2, 0.25) is 0 Å². The summed E-state index contributed by atoms with van der Waals surface area (Å²) in [6.45, 7) is 7.21. The summed E-state index contributed by atoms with van der Waals surface area (Å²) in [5, 5.41) is 8.74. The van der Waals surface area contributed by atoms with Crippen LogP contribution in [0.5, 0.6) is 0 Å². The molecule has 2 amide bonds. The summed E-state index contributed by atoms with van der Waals surface area (Å²) in [6.07, 6.45) is 1.35. The third kappa shape index (κ3) is 7.41.